The van der Waals surface area contributed by atoms with Crippen LogP contribution >= 0.6 is 23.4 Å². The van der Waals surface area contributed by atoms with Crippen molar-refractivity contribution in [2.75, 3.05) is 5.32 Å². The zero-order valence-electron chi connectivity index (χ0n) is 15.0. The first-order chi connectivity index (χ1) is 13.0. The monoisotopic (exact) mass is 402 g/mol. The molecule has 2 aromatic heterocycles. The van der Waals surface area contributed by atoms with E-state index in [2.05, 4.69) is 15.3 Å². The molecule has 8 heteroatoms. The molecular formula is C19H19ClN4O2S. The number of halogens is 1. The standard InChI is InChI=1S/C19H19ClN4O2S/c1-3-10-24-18(26)14-6-4-5-7-15(14)22-19(24)27-12(2)17(25)23-16-9-8-13(20)11-21-16/h4-9,11-12H,3,10H2,1-2H3,(H,21,23,25). The van der Waals surface area contributed by atoms with Crippen molar-refractivity contribution in [2.24, 2.45) is 0 Å². The molecule has 0 aliphatic carbocycles. The lowest BCUT2D eigenvalue weighted by Gasteiger charge is -2.15. The van der Waals surface area contributed by atoms with E-state index in [-0.39, 0.29) is 11.5 Å². The van der Waals surface area contributed by atoms with E-state index >= 15 is 0 Å². The first kappa shape index (κ1) is 19.4. The minimum Gasteiger partial charge on any atom is -0.310 e. The number of nitrogens with zero attached hydrogens (tertiary/aromatic N) is 3. The summed E-state index contributed by atoms with van der Waals surface area (Å²) in [5.74, 6) is 0.203. The zero-order chi connectivity index (χ0) is 19.4. The lowest BCUT2D eigenvalue weighted by molar-refractivity contribution is -0.115. The Hall–Kier alpha value is -2.38. The number of pyridine rings is 1. The smallest absolute Gasteiger partial charge is 0.262 e. The third-order valence-corrected chi connectivity index (χ3v) is 5.22. The summed E-state index contributed by atoms with van der Waals surface area (Å²) in [6.45, 7) is 4.32. The molecule has 0 bridgehead atoms. The van der Waals surface area contributed by atoms with Crippen molar-refractivity contribution < 1.29 is 4.79 Å². The number of carbonyl (C=O) groups is 1. The van der Waals surface area contributed by atoms with Crippen LogP contribution in [0.5, 0.6) is 0 Å². The predicted molar refractivity (Wildman–Crippen MR) is 109 cm³/mol. The van der Waals surface area contributed by atoms with E-state index < -0.39 is 5.25 Å². The van der Waals surface area contributed by atoms with E-state index in [0.29, 0.717) is 33.4 Å². The van der Waals surface area contributed by atoms with Crippen LogP contribution in [-0.2, 0) is 11.3 Å². The largest absolute Gasteiger partial charge is 0.310 e. The molecule has 140 valence electrons. The fourth-order valence-corrected chi connectivity index (χ4v) is 3.59. The van der Waals surface area contributed by atoms with Crippen LogP contribution in [0.25, 0.3) is 10.9 Å². The van der Waals surface area contributed by atoms with Crippen molar-refractivity contribution in [2.45, 2.75) is 37.2 Å². The molecule has 1 amide bonds. The third-order valence-electron chi connectivity index (χ3n) is 3.90. The SMILES string of the molecule is CCCn1c(SC(C)C(=O)Nc2ccc(Cl)cn2)nc2ccccc2c1=O. The number of rotatable bonds is 6. The Kier molecular flexibility index (Phi) is 6.13. The van der Waals surface area contributed by atoms with Crippen molar-refractivity contribution in [3.63, 3.8) is 0 Å². The molecule has 1 atom stereocenters. The minimum atomic E-state index is -0.460. The molecule has 3 rings (SSSR count). The lowest BCUT2D eigenvalue weighted by atomic mass is 10.2. The molecule has 0 saturated carbocycles. The second kappa shape index (κ2) is 8.54. The zero-order valence-corrected chi connectivity index (χ0v) is 16.5. The second-order valence-corrected chi connectivity index (χ2v) is 7.72. The number of hydrogen-bond donors (Lipinski definition) is 1. The second-order valence-electron chi connectivity index (χ2n) is 5.98. The van der Waals surface area contributed by atoms with Gasteiger partial charge in [-0.1, -0.05) is 42.4 Å². The molecule has 0 fully saturated rings. The predicted octanol–water partition coefficient (Wildman–Crippen LogP) is 3.97. The molecule has 1 aromatic carbocycles. The highest BCUT2D eigenvalue weighted by Crippen LogP contribution is 2.23. The van der Waals surface area contributed by atoms with Gasteiger partial charge in [-0.25, -0.2) is 9.97 Å². The molecule has 0 aliphatic rings. The Morgan fingerprint density at radius 3 is 2.78 bits per heavy atom. The van der Waals surface area contributed by atoms with Gasteiger partial charge < -0.3 is 5.32 Å². The van der Waals surface area contributed by atoms with Gasteiger partial charge >= 0.3 is 0 Å². The van der Waals surface area contributed by atoms with Crippen LogP contribution in [0.3, 0.4) is 0 Å². The van der Waals surface area contributed by atoms with Crippen LogP contribution in [0, 0.1) is 0 Å². The lowest BCUT2D eigenvalue weighted by Crippen LogP contribution is -2.27. The van der Waals surface area contributed by atoms with Crippen molar-refractivity contribution >= 4 is 46.0 Å². The number of carbonyl (C=O) groups excluding carboxylic acids is 1. The van der Waals surface area contributed by atoms with Crippen LogP contribution in [0.4, 0.5) is 5.82 Å². The number of para-hydroxylation sites is 1. The van der Waals surface area contributed by atoms with E-state index in [1.807, 2.05) is 19.1 Å². The van der Waals surface area contributed by atoms with Crippen molar-refractivity contribution in [1.29, 1.82) is 0 Å². The highest BCUT2D eigenvalue weighted by molar-refractivity contribution is 8.00. The highest BCUT2D eigenvalue weighted by Gasteiger charge is 2.19. The van der Waals surface area contributed by atoms with Gasteiger partial charge in [-0.15, -0.1) is 0 Å². The van der Waals surface area contributed by atoms with Gasteiger partial charge in [0.25, 0.3) is 5.56 Å². The van der Waals surface area contributed by atoms with Crippen LogP contribution in [0.15, 0.2) is 52.5 Å². The summed E-state index contributed by atoms with van der Waals surface area (Å²) < 4.78 is 1.64. The Balaban J connectivity index is 1.85. The molecule has 0 spiro atoms. The maximum atomic E-state index is 12.8. The summed E-state index contributed by atoms with van der Waals surface area (Å²) in [7, 11) is 0. The molecule has 1 N–H and O–H groups in total. The van der Waals surface area contributed by atoms with E-state index in [0.717, 1.165) is 6.42 Å². The summed E-state index contributed by atoms with van der Waals surface area (Å²) in [5, 5.41) is 3.90. The molecule has 27 heavy (non-hydrogen) atoms. The van der Waals surface area contributed by atoms with E-state index in [1.165, 1.54) is 18.0 Å². The average molecular weight is 403 g/mol. The number of thioether (sulfide) groups is 1. The fourth-order valence-electron chi connectivity index (χ4n) is 2.55. The molecular weight excluding hydrogens is 384 g/mol. The first-order valence-corrected chi connectivity index (χ1v) is 9.84. The molecule has 0 aliphatic heterocycles. The number of anilines is 1. The van der Waals surface area contributed by atoms with Gasteiger partial charge in [0.15, 0.2) is 5.16 Å². The maximum absolute atomic E-state index is 12.8. The van der Waals surface area contributed by atoms with Gasteiger partial charge in [-0.05, 0) is 37.6 Å². The Bertz CT molecular complexity index is 1020. The van der Waals surface area contributed by atoms with Gasteiger partial charge in [-0.2, -0.15) is 0 Å². The van der Waals surface area contributed by atoms with Gasteiger partial charge in [0.2, 0.25) is 5.91 Å². The number of nitrogens with one attached hydrogen (secondary N) is 1. The number of amides is 1. The summed E-state index contributed by atoms with van der Waals surface area (Å²) in [5.41, 5.74) is 0.543. The summed E-state index contributed by atoms with van der Waals surface area (Å²) in [4.78, 5) is 34.0. The van der Waals surface area contributed by atoms with E-state index in [4.69, 9.17) is 11.6 Å². The molecule has 3 aromatic rings. The summed E-state index contributed by atoms with van der Waals surface area (Å²) in [6.07, 6.45) is 2.27. The van der Waals surface area contributed by atoms with Gasteiger partial charge in [-0.3, -0.25) is 14.2 Å². The van der Waals surface area contributed by atoms with Crippen molar-refractivity contribution in [3.8, 4) is 0 Å². The van der Waals surface area contributed by atoms with Crippen LogP contribution < -0.4 is 10.9 Å². The molecule has 0 radical (unpaired) electrons. The van der Waals surface area contributed by atoms with Gasteiger partial charge in [0.1, 0.15) is 5.82 Å². The normalized spacial score (nSPS) is 12.1. The highest BCUT2D eigenvalue weighted by atomic mass is 35.5. The third kappa shape index (κ3) is 4.48. The van der Waals surface area contributed by atoms with Crippen LogP contribution in [0.2, 0.25) is 5.02 Å². The van der Waals surface area contributed by atoms with E-state index in [1.54, 1.807) is 35.8 Å². The Morgan fingerprint density at radius 2 is 2.07 bits per heavy atom. The van der Waals surface area contributed by atoms with E-state index in [9.17, 15) is 9.59 Å². The average Bonchev–Trinajstić information content (AvgIpc) is 2.66. The van der Waals surface area contributed by atoms with Crippen molar-refractivity contribution in [1.82, 2.24) is 14.5 Å². The minimum absolute atomic E-state index is 0.0862. The van der Waals surface area contributed by atoms with Crippen LogP contribution in [-0.4, -0.2) is 25.7 Å². The topological polar surface area (TPSA) is 76.9 Å². The Labute approximate surface area is 166 Å². The Morgan fingerprint density at radius 1 is 1.30 bits per heavy atom. The summed E-state index contributed by atoms with van der Waals surface area (Å²) >= 11 is 7.06. The first-order valence-electron chi connectivity index (χ1n) is 8.58. The van der Waals surface area contributed by atoms with Crippen LogP contribution in [0.1, 0.15) is 20.3 Å². The summed E-state index contributed by atoms with van der Waals surface area (Å²) in [6, 6.07) is 10.5. The number of aromatic nitrogens is 3. The number of benzene rings is 1. The maximum Gasteiger partial charge on any atom is 0.262 e. The molecule has 2 heterocycles. The fraction of sp³-hybridized carbons (Fsp3) is 0.263. The quantitative estimate of drug-likeness (QED) is 0.498. The van der Waals surface area contributed by atoms with Gasteiger partial charge in [0.05, 0.1) is 21.2 Å². The number of hydrogen-bond acceptors (Lipinski definition) is 5. The van der Waals surface area contributed by atoms with Crippen molar-refractivity contribution in [3.05, 3.63) is 58.0 Å². The number of fused-ring (bicyclic) bond motifs is 1. The van der Waals surface area contributed by atoms with Gasteiger partial charge in [0, 0.05) is 12.7 Å². The molecule has 0 saturated heterocycles. The molecule has 1 unspecified atom stereocenters. The molecule has 6 nitrogen and oxygen atoms in total.